The Morgan fingerprint density at radius 1 is 1.32 bits per heavy atom. The van der Waals surface area contributed by atoms with Gasteiger partial charge in [0.05, 0.1) is 22.5 Å². The third-order valence-corrected chi connectivity index (χ3v) is 5.96. The number of pyridine rings is 1. The minimum Gasteiger partial charge on any atom is -0.393 e. The van der Waals surface area contributed by atoms with Crippen LogP contribution in [0.3, 0.4) is 0 Å². The number of nitrogens with zero attached hydrogens (tertiary/aromatic N) is 1. The summed E-state index contributed by atoms with van der Waals surface area (Å²) >= 11 is 1.46. The second-order valence-corrected chi connectivity index (χ2v) is 7.65. The highest BCUT2D eigenvalue weighted by atomic mass is 32.1. The van der Waals surface area contributed by atoms with Gasteiger partial charge in [0.1, 0.15) is 0 Å². The molecule has 2 N–H and O–H groups in total. The normalized spacial score (nSPS) is 20.9. The van der Waals surface area contributed by atoms with Gasteiger partial charge in [-0.2, -0.15) is 0 Å². The lowest BCUT2D eigenvalue weighted by molar-refractivity contribution is 0.0235. The molecule has 1 aromatic carbocycles. The lowest BCUT2D eigenvalue weighted by Crippen LogP contribution is -2.41. The van der Waals surface area contributed by atoms with Crippen LogP contribution in [0.2, 0.25) is 0 Å². The van der Waals surface area contributed by atoms with Gasteiger partial charge in [-0.25, -0.2) is 0 Å². The van der Waals surface area contributed by atoms with Crippen molar-refractivity contribution in [3.8, 4) is 0 Å². The number of hydrogen-bond donors (Lipinski definition) is 2. The molecule has 25 heavy (non-hydrogen) atoms. The van der Waals surface area contributed by atoms with Crippen molar-refractivity contribution in [1.82, 2.24) is 10.3 Å². The third-order valence-electron chi connectivity index (χ3n) is 4.95. The quantitative estimate of drug-likeness (QED) is 0.750. The second-order valence-electron chi connectivity index (χ2n) is 6.73. The van der Waals surface area contributed by atoms with E-state index in [9.17, 15) is 9.90 Å². The number of rotatable bonds is 4. The summed E-state index contributed by atoms with van der Waals surface area (Å²) in [6.45, 7) is 1.95. The highest BCUT2D eigenvalue weighted by Gasteiger charge is 2.36. The van der Waals surface area contributed by atoms with Crippen molar-refractivity contribution < 1.29 is 9.90 Å². The van der Waals surface area contributed by atoms with Crippen LogP contribution in [0, 0.1) is 12.8 Å². The van der Waals surface area contributed by atoms with Crippen LogP contribution in [-0.4, -0.2) is 22.1 Å². The molecule has 1 fully saturated rings. The largest absolute Gasteiger partial charge is 0.393 e. The van der Waals surface area contributed by atoms with Crippen molar-refractivity contribution in [1.29, 1.82) is 0 Å². The number of thiophene rings is 1. The zero-order valence-corrected chi connectivity index (χ0v) is 14.8. The zero-order chi connectivity index (χ0) is 17.4. The number of aromatic nitrogens is 1. The topological polar surface area (TPSA) is 62.2 Å². The minimum absolute atomic E-state index is 0.0490. The van der Waals surface area contributed by atoms with Gasteiger partial charge in [0.25, 0.3) is 5.91 Å². The number of carbonyl (C=O) groups excluding carboxylic acids is 1. The third kappa shape index (κ3) is 3.17. The number of aryl methyl sites for hydroxylation is 1. The van der Waals surface area contributed by atoms with Crippen LogP contribution in [0.5, 0.6) is 0 Å². The SMILES string of the molecule is Cc1ccsc1C(=O)N[C@H](c1cnc2ccccc2c1)C1CC(O)C1. The van der Waals surface area contributed by atoms with Gasteiger partial charge in [-0.05, 0) is 60.4 Å². The Kier molecular flexibility index (Phi) is 4.27. The molecule has 0 bridgehead atoms. The Morgan fingerprint density at radius 3 is 2.84 bits per heavy atom. The molecule has 0 aliphatic heterocycles. The molecule has 1 saturated carbocycles. The number of carbonyl (C=O) groups is 1. The molecular weight excluding hydrogens is 332 g/mol. The predicted octanol–water partition coefficient (Wildman–Crippen LogP) is 3.85. The van der Waals surface area contributed by atoms with Crippen molar-refractivity contribution in [3.05, 3.63) is 64.0 Å². The lowest BCUT2D eigenvalue weighted by Gasteiger charge is -2.38. The highest BCUT2D eigenvalue weighted by Crippen LogP contribution is 2.38. The fraction of sp³-hybridized carbons (Fsp3) is 0.300. The van der Waals surface area contributed by atoms with Crippen LogP contribution in [0.25, 0.3) is 10.9 Å². The highest BCUT2D eigenvalue weighted by molar-refractivity contribution is 7.12. The standard InChI is InChI=1S/C20H20N2O2S/c1-12-6-7-25-19(12)20(24)22-18(14-9-16(23)10-14)15-8-13-4-2-3-5-17(13)21-11-15/h2-8,11,14,16,18,23H,9-10H2,1H3,(H,22,24)/t14?,16?,18-/m0/s1. The Morgan fingerprint density at radius 2 is 2.12 bits per heavy atom. The number of para-hydroxylation sites is 1. The first-order chi connectivity index (χ1) is 12.1. The van der Waals surface area contributed by atoms with E-state index < -0.39 is 0 Å². The Bertz CT molecular complexity index is 915. The van der Waals surface area contributed by atoms with Crippen molar-refractivity contribution in [2.45, 2.75) is 31.9 Å². The number of nitrogens with one attached hydrogen (secondary N) is 1. The average Bonchev–Trinajstić information content (AvgIpc) is 3.03. The van der Waals surface area contributed by atoms with E-state index in [1.54, 1.807) is 0 Å². The molecular formula is C20H20N2O2S. The van der Waals surface area contributed by atoms with E-state index in [0.717, 1.165) is 26.9 Å². The van der Waals surface area contributed by atoms with E-state index in [-0.39, 0.29) is 24.0 Å². The smallest absolute Gasteiger partial charge is 0.262 e. The zero-order valence-electron chi connectivity index (χ0n) is 14.0. The van der Waals surface area contributed by atoms with Crippen LogP contribution in [0.4, 0.5) is 0 Å². The van der Waals surface area contributed by atoms with Crippen LogP contribution in [0.1, 0.15) is 39.7 Å². The van der Waals surface area contributed by atoms with Gasteiger partial charge in [0.2, 0.25) is 0 Å². The molecule has 1 aliphatic carbocycles. The van der Waals surface area contributed by atoms with Gasteiger partial charge in [-0.3, -0.25) is 9.78 Å². The van der Waals surface area contributed by atoms with E-state index >= 15 is 0 Å². The molecule has 5 heteroatoms. The first kappa shape index (κ1) is 16.2. The van der Waals surface area contributed by atoms with Gasteiger partial charge >= 0.3 is 0 Å². The fourth-order valence-electron chi connectivity index (χ4n) is 3.45. The predicted molar refractivity (Wildman–Crippen MR) is 99.7 cm³/mol. The maximum absolute atomic E-state index is 12.7. The summed E-state index contributed by atoms with van der Waals surface area (Å²) in [4.78, 5) is 18.0. The molecule has 3 aromatic rings. The summed E-state index contributed by atoms with van der Waals surface area (Å²) in [6, 6.07) is 11.9. The van der Waals surface area contributed by atoms with E-state index in [1.807, 2.05) is 48.8 Å². The monoisotopic (exact) mass is 352 g/mol. The molecule has 1 atom stereocenters. The van der Waals surface area contributed by atoms with Gasteiger partial charge in [-0.1, -0.05) is 18.2 Å². The average molecular weight is 352 g/mol. The molecule has 128 valence electrons. The van der Waals surface area contributed by atoms with Crippen LogP contribution >= 0.6 is 11.3 Å². The van der Waals surface area contributed by atoms with Gasteiger partial charge in [-0.15, -0.1) is 11.3 Å². The summed E-state index contributed by atoms with van der Waals surface area (Å²) in [6.07, 6.45) is 3.00. The summed E-state index contributed by atoms with van der Waals surface area (Å²) < 4.78 is 0. The van der Waals surface area contributed by atoms with E-state index in [0.29, 0.717) is 12.8 Å². The molecule has 0 spiro atoms. The van der Waals surface area contributed by atoms with Gasteiger partial charge in [0.15, 0.2) is 0 Å². The number of benzene rings is 1. The molecule has 1 amide bonds. The summed E-state index contributed by atoms with van der Waals surface area (Å²) in [5.74, 6) is 0.189. The van der Waals surface area contributed by atoms with Crippen molar-refractivity contribution >= 4 is 28.1 Å². The van der Waals surface area contributed by atoms with Crippen molar-refractivity contribution in [2.75, 3.05) is 0 Å². The molecule has 1 aliphatic rings. The molecule has 4 nitrogen and oxygen atoms in total. The number of fused-ring (bicyclic) bond motifs is 1. The number of hydrogen-bond acceptors (Lipinski definition) is 4. The summed E-state index contributed by atoms with van der Waals surface area (Å²) in [5, 5.41) is 15.9. The Balaban J connectivity index is 1.65. The van der Waals surface area contributed by atoms with Crippen LogP contribution in [0.15, 0.2) is 48.0 Å². The molecule has 2 aromatic heterocycles. The Hall–Kier alpha value is -2.24. The van der Waals surface area contributed by atoms with Gasteiger partial charge in [0, 0.05) is 11.6 Å². The number of amides is 1. The number of aliphatic hydroxyl groups excluding tert-OH is 1. The number of aliphatic hydroxyl groups is 1. The first-order valence-electron chi connectivity index (χ1n) is 8.49. The Labute approximate surface area is 150 Å². The van der Waals surface area contributed by atoms with Crippen molar-refractivity contribution in [2.24, 2.45) is 5.92 Å². The molecule has 0 unspecified atom stereocenters. The lowest BCUT2D eigenvalue weighted by atomic mass is 9.75. The molecule has 2 heterocycles. The summed E-state index contributed by atoms with van der Waals surface area (Å²) in [7, 11) is 0. The van der Waals surface area contributed by atoms with E-state index in [2.05, 4.69) is 16.4 Å². The van der Waals surface area contributed by atoms with Crippen LogP contribution in [-0.2, 0) is 0 Å². The second kappa shape index (κ2) is 6.58. The first-order valence-corrected chi connectivity index (χ1v) is 9.37. The maximum Gasteiger partial charge on any atom is 0.262 e. The minimum atomic E-state index is -0.263. The summed E-state index contributed by atoms with van der Waals surface area (Å²) in [5.41, 5.74) is 2.93. The molecule has 4 rings (SSSR count). The van der Waals surface area contributed by atoms with Gasteiger partial charge < -0.3 is 10.4 Å². The van der Waals surface area contributed by atoms with E-state index in [4.69, 9.17) is 0 Å². The maximum atomic E-state index is 12.7. The van der Waals surface area contributed by atoms with Crippen LogP contribution < -0.4 is 5.32 Å². The molecule has 0 saturated heterocycles. The van der Waals surface area contributed by atoms with E-state index in [1.165, 1.54) is 11.3 Å². The molecule has 0 radical (unpaired) electrons. The fourth-order valence-corrected chi connectivity index (χ4v) is 4.27. The van der Waals surface area contributed by atoms with Crippen molar-refractivity contribution in [3.63, 3.8) is 0 Å².